The van der Waals surface area contributed by atoms with Crippen molar-refractivity contribution in [3.63, 3.8) is 0 Å². The molecule has 2 aromatic rings. The van der Waals surface area contributed by atoms with E-state index >= 15 is 0 Å². The van der Waals surface area contributed by atoms with Crippen molar-refractivity contribution in [1.29, 1.82) is 0 Å². The molecule has 0 aliphatic carbocycles. The van der Waals surface area contributed by atoms with Crippen LogP contribution in [0, 0.1) is 13.8 Å². The van der Waals surface area contributed by atoms with Gasteiger partial charge in [0.05, 0.1) is 16.4 Å². The molecule has 1 amide bonds. The van der Waals surface area contributed by atoms with Crippen molar-refractivity contribution in [3.8, 4) is 0 Å². The molecule has 2 rings (SSSR count). The molecule has 94 valence electrons. The van der Waals surface area contributed by atoms with Gasteiger partial charge in [0.15, 0.2) is 0 Å². The maximum Gasteiger partial charge on any atom is 0.294 e. The lowest BCUT2D eigenvalue weighted by Gasteiger charge is -2.08. The minimum atomic E-state index is -0.375. The number of hydrogen-bond donors (Lipinski definition) is 2. The van der Waals surface area contributed by atoms with Crippen LogP contribution >= 0.6 is 11.6 Å². The van der Waals surface area contributed by atoms with E-state index in [4.69, 9.17) is 21.9 Å². The van der Waals surface area contributed by atoms with Gasteiger partial charge in [-0.05, 0) is 31.5 Å². The predicted molar refractivity (Wildman–Crippen MR) is 69.8 cm³/mol. The molecule has 0 aliphatic heterocycles. The number of nitrogens with zero attached hydrogens (tertiary/aromatic N) is 1. The molecule has 3 N–H and O–H groups in total. The lowest BCUT2D eigenvalue weighted by atomic mass is 10.1. The zero-order valence-corrected chi connectivity index (χ0v) is 10.7. The first-order valence-corrected chi connectivity index (χ1v) is 5.65. The molecule has 0 radical (unpaired) electrons. The number of aromatic nitrogens is 1. The van der Waals surface area contributed by atoms with Gasteiger partial charge in [0.25, 0.3) is 5.91 Å². The molecule has 0 atom stereocenters. The molecule has 1 aromatic heterocycles. The largest absolute Gasteiger partial charge is 0.398 e. The highest BCUT2D eigenvalue weighted by molar-refractivity contribution is 6.33. The highest BCUT2D eigenvalue weighted by atomic mass is 35.5. The molecular weight excluding hydrogens is 254 g/mol. The summed E-state index contributed by atoms with van der Waals surface area (Å²) < 4.78 is 4.87. The van der Waals surface area contributed by atoms with Crippen molar-refractivity contribution in [1.82, 2.24) is 5.16 Å². The van der Waals surface area contributed by atoms with Crippen molar-refractivity contribution in [2.75, 3.05) is 11.1 Å². The van der Waals surface area contributed by atoms with Crippen LogP contribution in [0.25, 0.3) is 0 Å². The van der Waals surface area contributed by atoms with Gasteiger partial charge in [-0.25, -0.2) is 0 Å². The first-order valence-electron chi connectivity index (χ1n) is 5.27. The summed E-state index contributed by atoms with van der Waals surface area (Å²) in [6.07, 6.45) is 0. The van der Waals surface area contributed by atoms with Gasteiger partial charge in [-0.3, -0.25) is 4.79 Å². The van der Waals surface area contributed by atoms with Crippen molar-refractivity contribution < 1.29 is 9.32 Å². The zero-order chi connectivity index (χ0) is 13.3. The number of nitrogens with one attached hydrogen (secondary N) is 1. The number of aryl methyl sites for hydroxylation is 2. The van der Waals surface area contributed by atoms with Crippen molar-refractivity contribution >= 4 is 28.9 Å². The molecule has 0 aliphatic rings. The van der Waals surface area contributed by atoms with Gasteiger partial charge in [0, 0.05) is 11.8 Å². The highest BCUT2D eigenvalue weighted by Crippen LogP contribution is 2.27. The molecule has 0 unspecified atom stereocenters. The topological polar surface area (TPSA) is 81.2 Å². The Balaban J connectivity index is 2.24. The Morgan fingerprint density at radius 2 is 2.11 bits per heavy atom. The van der Waals surface area contributed by atoms with E-state index in [2.05, 4.69) is 10.5 Å². The number of nitrogens with two attached hydrogens (primary N) is 1. The number of halogens is 1. The van der Waals surface area contributed by atoms with E-state index in [1.807, 2.05) is 6.92 Å². The van der Waals surface area contributed by atoms with Crippen molar-refractivity contribution in [3.05, 3.63) is 40.2 Å². The highest BCUT2D eigenvalue weighted by Gasteiger charge is 2.13. The fourth-order valence-electron chi connectivity index (χ4n) is 1.49. The first-order chi connectivity index (χ1) is 8.47. The van der Waals surface area contributed by atoms with Gasteiger partial charge in [-0.2, -0.15) is 0 Å². The smallest absolute Gasteiger partial charge is 0.294 e. The van der Waals surface area contributed by atoms with E-state index in [-0.39, 0.29) is 11.7 Å². The van der Waals surface area contributed by atoms with Crippen LogP contribution in [0.2, 0.25) is 5.02 Å². The van der Waals surface area contributed by atoms with Crippen molar-refractivity contribution in [2.45, 2.75) is 13.8 Å². The van der Waals surface area contributed by atoms with Crippen LogP contribution in [0.1, 0.15) is 21.8 Å². The summed E-state index contributed by atoms with van der Waals surface area (Å²) in [5.41, 5.74) is 8.19. The van der Waals surface area contributed by atoms with Gasteiger partial charge in [-0.15, -0.1) is 0 Å². The van der Waals surface area contributed by atoms with Gasteiger partial charge in [-0.1, -0.05) is 16.8 Å². The average Bonchev–Trinajstić information content (AvgIpc) is 2.73. The summed E-state index contributed by atoms with van der Waals surface area (Å²) in [7, 11) is 0. The number of amides is 1. The Kier molecular flexibility index (Phi) is 3.25. The number of hydrogen-bond acceptors (Lipinski definition) is 4. The molecule has 0 fully saturated rings. The summed E-state index contributed by atoms with van der Waals surface area (Å²) in [5, 5.41) is 6.74. The van der Waals surface area contributed by atoms with E-state index < -0.39 is 0 Å². The van der Waals surface area contributed by atoms with Gasteiger partial charge in [0.2, 0.25) is 5.76 Å². The van der Waals surface area contributed by atoms with E-state index in [1.54, 1.807) is 25.1 Å². The molecule has 5 nitrogen and oxygen atoms in total. The second-order valence-electron chi connectivity index (χ2n) is 3.98. The van der Waals surface area contributed by atoms with Crippen LogP contribution in [0.15, 0.2) is 22.7 Å². The number of rotatable bonds is 2. The summed E-state index contributed by atoms with van der Waals surface area (Å²) in [6, 6.07) is 4.86. The second kappa shape index (κ2) is 4.70. The Hall–Kier alpha value is -2.01. The minimum absolute atomic E-state index is 0.153. The average molecular weight is 266 g/mol. The molecule has 1 heterocycles. The Bertz CT molecular complexity index is 607. The van der Waals surface area contributed by atoms with Crippen LogP contribution in [0.3, 0.4) is 0 Å². The third-order valence-corrected chi connectivity index (χ3v) is 2.77. The first kappa shape index (κ1) is 12.4. The molecule has 0 bridgehead atoms. The second-order valence-corrected chi connectivity index (χ2v) is 4.38. The standard InChI is InChI=1S/C12H12ClN3O2/c1-6-3-9(14)8(13)5-10(6)15-12(17)11-4-7(2)16-18-11/h3-5H,14H2,1-2H3,(H,15,17). The van der Waals surface area contributed by atoms with Crippen molar-refractivity contribution in [2.24, 2.45) is 0 Å². The molecule has 0 saturated carbocycles. The van der Waals surface area contributed by atoms with E-state index in [9.17, 15) is 4.79 Å². The number of anilines is 2. The number of benzene rings is 1. The lowest BCUT2D eigenvalue weighted by Crippen LogP contribution is -2.12. The molecular formula is C12H12ClN3O2. The van der Waals surface area contributed by atoms with Gasteiger partial charge >= 0.3 is 0 Å². The number of carbonyl (C=O) groups is 1. The summed E-state index contributed by atoms with van der Waals surface area (Å²) >= 11 is 5.91. The molecule has 18 heavy (non-hydrogen) atoms. The van der Waals surface area contributed by atoms with Crippen LogP contribution < -0.4 is 11.1 Å². The molecule has 0 saturated heterocycles. The SMILES string of the molecule is Cc1cc(C(=O)Nc2cc(Cl)c(N)cc2C)on1. The summed E-state index contributed by atoms with van der Waals surface area (Å²) in [5.74, 6) is -0.223. The minimum Gasteiger partial charge on any atom is -0.398 e. The van der Waals surface area contributed by atoms with Gasteiger partial charge in [0.1, 0.15) is 0 Å². The Morgan fingerprint density at radius 1 is 1.39 bits per heavy atom. The van der Waals surface area contributed by atoms with E-state index in [0.717, 1.165) is 5.56 Å². The zero-order valence-electron chi connectivity index (χ0n) is 9.95. The normalized spacial score (nSPS) is 10.4. The Labute approximate surface area is 109 Å². The van der Waals surface area contributed by atoms with E-state index in [1.165, 1.54) is 0 Å². The molecule has 1 aromatic carbocycles. The molecule has 0 spiro atoms. The summed E-state index contributed by atoms with van der Waals surface area (Å²) in [6.45, 7) is 3.57. The number of carbonyl (C=O) groups excluding carboxylic acids is 1. The quantitative estimate of drug-likeness (QED) is 0.818. The van der Waals surface area contributed by atoms with Crippen LogP contribution in [-0.4, -0.2) is 11.1 Å². The third-order valence-electron chi connectivity index (χ3n) is 2.44. The Morgan fingerprint density at radius 3 is 2.72 bits per heavy atom. The van der Waals surface area contributed by atoms with Crippen LogP contribution in [0.4, 0.5) is 11.4 Å². The fourth-order valence-corrected chi connectivity index (χ4v) is 1.66. The summed E-state index contributed by atoms with van der Waals surface area (Å²) in [4.78, 5) is 11.9. The number of nitrogen functional groups attached to an aromatic ring is 1. The van der Waals surface area contributed by atoms with Gasteiger partial charge < -0.3 is 15.6 Å². The third kappa shape index (κ3) is 2.46. The molecule has 6 heteroatoms. The van der Waals surface area contributed by atoms with E-state index in [0.29, 0.717) is 22.1 Å². The predicted octanol–water partition coefficient (Wildman–Crippen LogP) is 2.78. The maximum absolute atomic E-state index is 11.9. The lowest BCUT2D eigenvalue weighted by molar-refractivity contribution is 0.0988. The monoisotopic (exact) mass is 265 g/mol. The van der Waals surface area contributed by atoms with Crippen LogP contribution in [0.5, 0.6) is 0 Å². The van der Waals surface area contributed by atoms with Crippen LogP contribution in [-0.2, 0) is 0 Å². The maximum atomic E-state index is 11.9. The fraction of sp³-hybridized carbons (Fsp3) is 0.167.